The maximum atomic E-state index is 13.7. The van der Waals surface area contributed by atoms with Crippen LogP contribution >= 0.6 is 0 Å². The molecule has 0 bridgehead atoms. The molecule has 1 saturated heterocycles. The number of hydrogen-bond acceptors (Lipinski definition) is 4. The van der Waals surface area contributed by atoms with Crippen LogP contribution in [0.4, 0.5) is 4.39 Å². The molecule has 4 nitrogen and oxygen atoms in total. The van der Waals surface area contributed by atoms with Gasteiger partial charge in [0, 0.05) is 32.2 Å². The monoisotopic (exact) mass is 339 g/mol. The number of morpholine rings is 1. The number of nitrogens with zero attached hydrogens (tertiary/aromatic N) is 2. The molecule has 1 aliphatic rings. The highest BCUT2D eigenvalue weighted by Crippen LogP contribution is 2.22. The summed E-state index contributed by atoms with van der Waals surface area (Å²) in [5, 5.41) is 12.5. The third kappa shape index (κ3) is 4.86. The zero-order chi connectivity index (χ0) is 17.5. The number of ether oxygens (including phenoxy) is 1. The lowest BCUT2D eigenvalue weighted by molar-refractivity contribution is 0.0160. The van der Waals surface area contributed by atoms with Crippen LogP contribution < -0.4 is 5.32 Å². The quantitative estimate of drug-likeness (QED) is 0.879. The van der Waals surface area contributed by atoms with E-state index >= 15 is 0 Å². The molecule has 1 atom stereocenters. The van der Waals surface area contributed by atoms with Crippen LogP contribution in [-0.4, -0.2) is 37.7 Å². The fourth-order valence-corrected chi connectivity index (χ4v) is 3.16. The number of benzene rings is 2. The van der Waals surface area contributed by atoms with Crippen molar-refractivity contribution in [2.24, 2.45) is 0 Å². The number of nitriles is 1. The lowest BCUT2D eigenvalue weighted by Crippen LogP contribution is -2.42. The molecular formula is C20H22FN3O. The van der Waals surface area contributed by atoms with Crippen LogP contribution in [0.2, 0.25) is 0 Å². The molecule has 1 fully saturated rings. The summed E-state index contributed by atoms with van der Waals surface area (Å²) in [7, 11) is 0. The van der Waals surface area contributed by atoms with E-state index in [2.05, 4.69) is 16.3 Å². The normalized spacial score (nSPS) is 16.3. The molecule has 2 aromatic carbocycles. The first kappa shape index (κ1) is 17.6. The van der Waals surface area contributed by atoms with Gasteiger partial charge in [0.2, 0.25) is 0 Å². The van der Waals surface area contributed by atoms with E-state index in [1.807, 2.05) is 24.3 Å². The molecule has 0 spiro atoms. The average Bonchev–Trinajstić information content (AvgIpc) is 2.66. The number of halogens is 1. The van der Waals surface area contributed by atoms with E-state index in [1.165, 1.54) is 6.07 Å². The van der Waals surface area contributed by atoms with Crippen LogP contribution in [0.1, 0.15) is 22.7 Å². The van der Waals surface area contributed by atoms with E-state index in [0.29, 0.717) is 31.9 Å². The standard InChI is InChI=1S/C20H22FN3O/c21-19-6-2-5-18(12-19)20(24-7-9-25-10-8-24)15-23-14-17-4-1-3-16(11-17)13-22/h1-6,11-12,20,23H,7-10,14-15H2. The van der Waals surface area contributed by atoms with Gasteiger partial charge in [0.15, 0.2) is 0 Å². The third-order valence-corrected chi connectivity index (χ3v) is 4.44. The second-order valence-electron chi connectivity index (χ2n) is 6.16. The first-order chi connectivity index (χ1) is 12.3. The van der Waals surface area contributed by atoms with Gasteiger partial charge >= 0.3 is 0 Å². The molecule has 3 rings (SSSR count). The van der Waals surface area contributed by atoms with Crippen molar-refractivity contribution >= 4 is 0 Å². The molecule has 0 aliphatic carbocycles. The van der Waals surface area contributed by atoms with E-state index in [-0.39, 0.29) is 11.9 Å². The molecule has 0 radical (unpaired) electrons. The summed E-state index contributed by atoms with van der Waals surface area (Å²) in [4.78, 5) is 2.33. The predicted octanol–water partition coefficient (Wildman–Crippen LogP) is 2.86. The minimum Gasteiger partial charge on any atom is -0.379 e. The van der Waals surface area contributed by atoms with Crippen LogP contribution in [0.5, 0.6) is 0 Å². The molecule has 130 valence electrons. The molecule has 1 aliphatic heterocycles. The van der Waals surface area contributed by atoms with Crippen molar-refractivity contribution in [2.75, 3.05) is 32.8 Å². The van der Waals surface area contributed by atoms with Crippen LogP contribution in [0.3, 0.4) is 0 Å². The van der Waals surface area contributed by atoms with E-state index < -0.39 is 0 Å². The smallest absolute Gasteiger partial charge is 0.123 e. The fourth-order valence-electron chi connectivity index (χ4n) is 3.16. The molecule has 5 heteroatoms. The van der Waals surface area contributed by atoms with E-state index in [0.717, 1.165) is 24.2 Å². The Morgan fingerprint density at radius 2 is 1.96 bits per heavy atom. The topological polar surface area (TPSA) is 48.3 Å². The second kappa shape index (κ2) is 8.72. The first-order valence-corrected chi connectivity index (χ1v) is 8.53. The molecule has 0 amide bonds. The SMILES string of the molecule is N#Cc1cccc(CNCC(c2cccc(F)c2)N2CCOCC2)c1. The molecule has 1 heterocycles. The fraction of sp³-hybridized carbons (Fsp3) is 0.350. The maximum absolute atomic E-state index is 13.7. The van der Waals surface area contributed by atoms with E-state index in [1.54, 1.807) is 18.2 Å². The van der Waals surface area contributed by atoms with Gasteiger partial charge in [-0.1, -0.05) is 24.3 Å². The second-order valence-corrected chi connectivity index (χ2v) is 6.16. The van der Waals surface area contributed by atoms with Crippen molar-refractivity contribution in [3.8, 4) is 6.07 Å². The van der Waals surface area contributed by atoms with Crippen LogP contribution in [0.15, 0.2) is 48.5 Å². The summed E-state index contributed by atoms with van der Waals surface area (Å²) in [6, 6.07) is 16.6. The summed E-state index contributed by atoms with van der Waals surface area (Å²) in [6.45, 7) is 4.47. The van der Waals surface area contributed by atoms with Crippen molar-refractivity contribution in [3.63, 3.8) is 0 Å². The average molecular weight is 339 g/mol. The number of rotatable bonds is 6. The highest BCUT2D eigenvalue weighted by atomic mass is 19.1. The zero-order valence-electron chi connectivity index (χ0n) is 14.1. The molecule has 1 N–H and O–H groups in total. The Morgan fingerprint density at radius 1 is 1.16 bits per heavy atom. The van der Waals surface area contributed by atoms with Crippen molar-refractivity contribution < 1.29 is 9.13 Å². The minimum atomic E-state index is -0.211. The van der Waals surface area contributed by atoms with Crippen LogP contribution in [0.25, 0.3) is 0 Å². The molecule has 1 unspecified atom stereocenters. The molecule has 2 aromatic rings. The van der Waals surface area contributed by atoms with Crippen molar-refractivity contribution in [1.82, 2.24) is 10.2 Å². The van der Waals surface area contributed by atoms with Gasteiger partial charge in [0.25, 0.3) is 0 Å². The molecule has 0 aromatic heterocycles. The van der Waals surface area contributed by atoms with Gasteiger partial charge in [-0.05, 0) is 35.4 Å². The van der Waals surface area contributed by atoms with Gasteiger partial charge in [0.05, 0.1) is 24.8 Å². The van der Waals surface area contributed by atoms with Gasteiger partial charge in [-0.2, -0.15) is 5.26 Å². The van der Waals surface area contributed by atoms with Crippen molar-refractivity contribution in [3.05, 3.63) is 71.0 Å². The highest BCUT2D eigenvalue weighted by Gasteiger charge is 2.22. The van der Waals surface area contributed by atoms with Gasteiger partial charge in [-0.15, -0.1) is 0 Å². The lowest BCUT2D eigenvalue weighted by atomic mass is 10.0. The van der Waals surface area contributed by atoms with Crippen LogP contribution in [-0.2, 0) is 11.3 Å². The summed E-state index contributed by atoms with van der Waals surface area (Å²) >= 11 is 0. The number of hydrogen-bond donors (Lipinski definition) is 1. The molecule has 0 saturated carbocycles. The first-order valence-electron chi connectivity index (χ1n) is 8.53. The lowest BCUT2D eigenvalue weighted by Gasteiger charge is -2.35. The molecular weight excluding hydrogens is 317 g/mol. The van der Waals surface area contributed by atoms with Gasteiger partial charge < -0.3 is 10.1 Å². The van der Waals surface area contributed by atoms with Crippen molar-refractivity contribution in [2.45, 2.75) is 12.6 Å². The summed E-state index contributed by atoms with van der Waals surface area (Å²) in [5.41, 5.74) is 2.70. The Balaban J connectivity index is 1.68. The maximum Gasteiger partial charge on any atom is 0.123 e. The summed E-state index contributed by atoms with van der Waals surface area (Å²) in [5.74, 6) is -0.211. The Bertz CT molecular complexity index is 738. The van der Waals surface area contributed by atoms with Gasteiger partial charge in [-0.3, -0.25) is 4.90 Å². The Hall–Kier alpha value is -2.26. The highest BCUT2D eigenvalue weighted by molar-refractivity contribution is 5.32. The zero-order valence-corrected chi connectivity index (χ0v) is 14.1. The predicted molar refractivity (Wildman–Crippen MR) is 94.4 cm³/mol. The number of nitrogens with one attached hydrogen (secondary N) is 1. The minimum absolute atomic E-state index is 0.0961. The summed E-state index contributed by atoms with van der Waals surface area (Å²) in [6.07, 6.45) is 0. The van der Waals surface area contributed by atoms with Crippen LogP contribution in [0, 0.1) is 17.1 Å². The summed E-state index contributed by atoms with van der Waals surface area (Å²) < 4.78 is 19.1. The van der Waals surface area contributed by atoms with E-state index in [9.17, 15) is 4.39 Å². The Labute approximate surface area is 147 Å². The Kier molecular flexibility index (Phi) is 6.13. The van der Waals surface area contributed by atoms with E-state index in [4.69, 9.17) is 10.00 Å². The molecule has 25 heavy (non-hydrogen) atoms. The Morgan fingerprint density at radius 3 is 2.72 bits per heavy atom. The van der Waals surface area contributed by atoms with Gasteiger partial charge in [0.1, 0.15) is 5.82 Å². The van der Waals surface area contributed by atoms with Gasteiger partial charge in [-0.25, -0.2) is 4.39 Å². The third-order valence-electron chi connectivity index (χ3n) is 4.44. The largest absolute Gasteiger partial charge is 0.379 e. The van der Waals surface area contributed by atoms with Crippen molar-refractivity contribution in [1.29, 1.82) is 5.26 Å².